The van der Waals surface area contributed by atoms with E-state index in [1.165, 1.54) is 12.3 Å². The number of fused-ring (bicyclic) bond motifs is 1. The molecule has 0 amide bonds. The molecule has 0 fully saturated rings. The summed E-state index contributed by atoms with van der Waals surface area (Å²) in [6, 6.07) is 2.96. The predicted octanol–water partition coefficient (Wildman–Crippen LogP) is 3.49. The minimum atomic E-state index is -0.412. The lowest BCUT2D eigenvalue weighted by molar-refractivity contribution is 0.582. The largest absolute Gasteiger partial charge is 0.262 e. The second-order valence-electron chi connectivity index (χ2n) is 4.23. The Morgan fingerprint density at radius 2 is 1.95 bits per heavy atom. The van der Waals surface area contributed by atoms with Crippen molar-refractivity contribution in [3.05, 3.63) is 53.6 Å². The van der Waals surface area contributed by atoms with Gasteiger partial charge < -0.3 is 0 Å². The smallest absolute Gasteiger partial charge is 0.158 e. The molecule has 4 nitrogen and oxygen atoms in total. The Kier molecular flexibility index (Phi) is 4.57. The molecule has 0 aromatic carbocycles. The van der Waals surface area contributed by atoms with Crippen LogP contribution in [0.15, 0.2) is 30.7 Å². The minimum absolute atomic E-state index is 0.233. The van der Waals surface area contributed by atoms with E-state index in [1.54, 1.807) is 17.7 Å². The average Bonchev–Trinajstić information content (AvgIpc) is 2.80. The molecule has 0 aliphatic carbocycles. The van der Waals surface area contributed by atoms with Crippen molar-refractivity contribution in [2.75, 3.05) is 0 Å². The zero-order valence-electron chi connectivity index (χ0n) is 12.1. The molecule has 0 N–H and O–H groups in total. The van der Waals surface area contributed by atoms with Crippen LogP contribution in [0.4, 0.5) is 8.78 Å². The molecule has 0 unspecified atom stereocenters. The SMILES string of the molecule is CC.Cc1nn(Cc2ccncc2F)c2ncc(F)cc12. The summed E-state index contributed by atoms with van der Waals surface area (Å²) in [5, 5.41) is 4.90. The van der Waals surface area contributed by atoms with E-state index in [2.05, 4.69) is 15.1 Å². The molecule has 0 aliphatic heterocycles. The van der Waals surface area contributed by atoms with Gasteiger partial charge in [-0.15, -0.1) is 0 Å². The number of pyridine rings is 2. The predicted molar refractivity (Wildman–Crippen MR) is 76.9 cm³/mol. The van der Waals surface area contributed by atoms with E-state index in [0.29, 0.717) is 22.3 Å². The fraction of sp³-hybridized carbons (Fsp3) is 0.267. The van der Waals surface area contributed by atoms with Crippen molar-refractivity contribution in [2.45, 2.75) is 27.3 Å². The second-order valence-corrected chi connectivity index (χ2v) is 4.23. The molecule has 3 rings (SSSR count). The van der Waals surface area contributed by atoms with Crippen molar-refractivity contribution in [2.24, 2.45) is 0 Å². The van der Waals surface area contributed by atoms with E-state index < -0.39 is 11.6 Å². The van der Waals surface area contributed by atoms with Crippen molar-refractivity contribution in [1.82, 2.24) is 19.7 Å². The molecule has 0 aliphatic rings. The molecule has 6 heteroatoms. The molecular weight excluding hydrogens is 274 g/mol. The van der Waals surface area contributed by atoms with E-state index in [-0.39, 0.29) is 6.54 Å². The van der Waals surface area contributed by atoms with Gasteiger partial charge in [0.2, 0.25) is 0 Å². The summed E-state index contributed by atoms with van der Waals surface area (Å²) >= 11 is 0. The third kappa shape index (κ3) is 3.04. The van der Waals surface area contributed by atoms with Crippen molar-refractivity contribution in [3.8, 4) is 0 Å². The first kappa shape index (κ1) is 15.0. The first-order valence-corrected chi connectivity index (χ1v) is 6.72. The zero-order valence-corrected chi connectivity index (χ0v) is 12.1. The van der Waals surface area contributed by atoms with E-state index in [1.807, 2.05) is 13.8 Å². The Morgan fingerprint density at radius 1 is 1.19 bits per heavy atom. The summed E-state index contributed by atoms with van der Waals surface area (Å²) in [5.41, 5.74) is 1.66. The van der Waals surface area contributed by atoms with Gasteiger partial charge in [-0.05, 0) is 19.1 Å². The van der Waals surface area contributed by atoms with Crippen LogP contribution in [0.5, 0.6) is 0 Å². The number of hydrogen-bond donors (Lipinski definition) is 0. The summed E-state index contributed by atoms with van der Waals surface area (Å²) in [7, 11) is 0. The van der Waals surface area contributed by atoms with Crippen molar-refractivity contribution >= 4 is 11.0 Å². The summed E-state index contributed by atoms with van der Waals surface area (Å²) in [5.74, 6) is -0.809. The Bertz CT molecular complexity index is 753. The van der Waals surface area contributed by atoms with Crippen LogP contribution in [0.3, 0.4) is 0 Å². The zero-order chi connectivity index (χ0) is 15.4. The van der Waals surface area contributed by atoms with Crippen molar-refractivity contribution in [1.29, 1.82) is 0 Å². The maximum Gasteiger partial charge on any atom is 0.158 e. The Balaban J connectivity index is 0.000000774. The van der Waals surface area contributed by atoms with Crippen LogP contribution in [0, 0.1) is 18.6 Å². The van der Waals surface area contributed by atoms with Gasteiger partial charge in [-0.25, -0.2) is 18.4 Å². The van der Waals surface area contributed by atoms with Gasteiger partial charge in [0.1, 0.15) is 11.6 Å². The maximum atomic E-state index is 13.6. The highest BCUT2D eigenvalue weighted by molar-refractivity contribution is 5.77. The molecule has 110 valence electrons. The molecule has 0 saturated carbocycles. The molecular formula is C15H16F2N4. The summed E-state index contributed by atoms with van der Waals surface area (Å²) < 4.78 is 28.3. The average molecular weight is 290 g/mol. The van der Waals surface area contributed by atoms with Gasteiger partial charge in [-0.1, -0.05) is 13.8 Å². The molecule has 3 heterocycles. The Labute approximate surface area is 121 Å². The molecule has 3 aromatic rings. The van der Waals surface area contributed by atoms with Gasteiger partial charge in [0.15, 0.2) is 5.65 Å². The maximum absolute atomic E-state index is 13.6. The van der Waals surface area contributed by atoms with E-state index in [9.17, 15) is 8.78 Å². The number of hydrogen-bond acceptors (Lipinski definition) is 3. The van der Waals surface area contributed by atoms with Crippen molar-refractivity contribution < 1.29 is 8.78 Å². The first-order valence-electron chi connectivity index (χ1n) is 6.72. The fourth-order valence-electron chi connectivity index (χ4n) is 1.99. The number of nitrogens with zero attached hydrogens (tertiary/aromatic N) is 4. The van der Waals surface area contributed by atoms with Gasteiger partial charge >= 0.3 is 0 Å². The van der Waals surface area contributed by atoms with Crippen LogP contribution in [0.1, 0.15) is 25.1 Å². The van der Waals surface area contributed by atoms with Crippen LogP contribution in [0.25, 0.3) is 11.0 Å². The molecule has 0 radical (unpaired) electrons. The van der Waals surface area contributed by atoms with Crippen LogP contribution in [-0.2, 0) is 6.54 Å². The molecule has 0 saturated heterocycles. The lowest BCUT2D eigenvalue weighted by Gasteiger charge is -2.03. The van der Waals surface area contributed by atoms with Crippen LogP contribution in [0.2, 0.25) is 0 Å². The van der Waals surface area contributed by atoms with Gasteiger partial charge in [-0.3, -0.25) is 4.98 Å². The van der Waals surface area contributed by atoms with E-state index in [0.717, 1.165) is 12.4 Å². The highest BCUT2D eigenvalue weighted by atomic mass is 19.1. The van der Waals surface area contributed by atoms with Gasteiger partial charge in [0, 0.05) is 17.1 Å². The van der Waals surface area contributed by atoms with Crippen molar-refractivity contribution in [3.63, 3.8) is 0 Å². The Morgan fingerprint density at radius 3 is 2.67 bits per heavy atom. The minimum Gasteiger partial charge on any atom is -0.262 e. The van der Waals surface area contributed by atoms with Crippen LogP contribution < -0.4 is 0 Å². The highest BCUT2D eigenvalue weighted by Crippen LogP contribution is 2.18. The normalized spacial score (nSPS) is 10.3. The number of aromatic nitrogens is 4. The second kappa shape index (κ2) is 6.39. The van der Waals surface area contributed by atoms with Crippen LogP contribution in [-0.4, -0.2) is 19.7 Å². The molecule has 3 aromatic heterocycles. The standard InChI is InChI=1S/C13H10F2N4.C2H6/c1-8-11-4-10(14)5-17-13(11)19(18-8)7-9-2-3-16-6-12(9)15;1-2/h2-6H,7H2,1H3;1-2H3. The fourth-order valence-corrected chi connectivity index (χ4v) is 1.99. The van der Waals surface area contributed by atoms with E-state index in [4.69, 9.17) is 0 Å². The summed E-state index contributed by atoms with van der Waals surface area (Å²) in [4.78, 5) is 7.71. The number of rotatable bonds is 2. The summed E-state index contributed by atoms with van der Waals surface area (Å²) in [6.07, 6.45) is 3.80. The lowest BCUT2D eigenvalue weighted by atomic mass is 10.2. The van der Waals surface area contributed by atoms with Gasteiger partial charge in [0.05, 0.1) is 24.6 Å². The number of aryl methyl sites for hydroxylation is 1. The first-order chi connectivity index (χ1) is 10.1. The van der Waals surface area contributed by atoms with Gasteiger partial charge in [-0.2, -0.15) is 5.10 Å². The molecule has 0 atom stereocenters. The topological polar surface area (TPSA) is 43.6 Å². The van der Waals surface area contributed by atoms with E-state index >= 15 is 0 Å². The Hall–Kier alpha value is -2.37. The molecule has 21 heavy (non-hydrogen) atoms. The van der Waals surface area contributed by atoms with Crippen LogP contribution >= 0.6 is 0 Å². The summed E-state index contributed by atoms with van der Waals surface area (Å²) in [6.45, 7) is 6.00. The van der Waals surface area contributed by atoms with Gasteiger partial charge in [0.25, 0.3) is 0 Å². The lowest BCUT2D eigenvalue weighted by Crippen LogP contribution is -2.05. The quantitative estimate of drug-likeness (QED) is 0.725. The third-order valence-electron chi connectivity index (χ3n) is 2.91. The molecule has 0 spiro atoms. The highest BCUT2D eigenvalue weighted by Gasteiger charge is 2.11. The monoisotopic (exact) mass is 290 g/mol. The number of halogens is 2. The third-order valence-corrected chi connectivity index (χ3v) is 2.91. The molecule has 0 bridgehead atoms.